The lowest BCUT2D eigenvalue weighted by Crippen LogP contribution is -2.55. The van der Waals surface area contributed by atoms with E-state index < -0.39 is 5.41 Å². The fourth-order valence-corrected chi connectivity index (χ4v) is 3.96. The molecule has 3 N–H and O–H groups in total. The molecule has 0 radical (unpaired) electrons. The molecular weight excluding hydrogens is 321 g/mol. The van der Waals surface area contributed by atoms with E-state index in [4.69, 9.17) is 5.73 Å². The smallest absolute Gasteiger partial charge is 0.233 e. The van der Waals surface area contributed by atoms with Crippen LogP contribution in [0, 0.1) is 11.7 Å². The molecule has 1 unspecified atom stereocenters. The lowest BCUT2D eigenvalue weighted by atomic mass is 9.63. The van der Waals surface area contributed by atoms with Crippen molar-refractivity contribution in [3.05, 3.63) is 35.6 Å². The Kier molecular flexibility index (Phi) is 5.37. The number of likely N-dealkylation sites (tertiary alicyclic amines) is 1. The highest BCUT2D eigenvalue weighted by Gasteiger charge is 2.48. The van der Waals surface area contributed by atoms with E-state index in [0.29, 0.717) is 26.2 Å². The van der Waals surface area contributed by atoms with Crippen LogP contribution in [0.3, 0.4) is 0 Å². The summed E-state index contributed by atoms with van der Waals surface area (Å²) >= 11 is 0. The van der Waals surface area contributed by atoms with E-state index in [-0.39, 0.29) is 23.5 Å². The van der Waals surface area contributed by atoms with Gasteiger partial charge in [-0.05, 0) is 43.4 Å². The van der Waals surface area contributed by atoms with Gasteiger partial charge in [0.25, 0.3) is 0 Å². The van der Waals surface area contributed by atoms with Crippen molar-refractivity contribution in [1.29, 1.82) is 0 Å². The second-order valence-corrected chi connectivity index (χ2v) is 7.12. The van der Waals surface area contributed by atoms with Gasteiger partial charge in [0.05, 0.1) is 11.3 Å². The number of halogens is 1. The Labute approximate surface area is 147 Å². The average Bonchev–Trinajstić information content (AvgIpc) is 2.59. The van der Waals surface area contributed by atoms with Gasteiger partial charge >= 0.3 is 0 Å². The Hall–Kier alpha value is -1.95. The number of amides is 2. The van der Waals surface area contributed by atoms with Gasteiger partial charge in [-0.25, -0.2) is 4.39 Å². The quantitative estimate of drug-likeness (QED) is 0.849. The maximum absolute atomic E-state index is 13.7. The lowest BCUT2D eigenvalue weighted by molar-refractivity contribution is -0.144. The monoisotopic (exact) mass is 347 g/mol. The van der Waals surface area contributed by atoms with E-state index in [2.05, 4.69) is 5.32 Å². The topological polar surface area (TPSA) is 75.4 Å². The molecule has 0 spiro atoms. The molecule has 5 nitrogen and oxygen atoms in total. The van der Waals surface area contributed by atoms with Crippen LogP contribution < -0.4 is 11.1 Å². The summed E-state index contributed by atoms with van der Waals surface area (Å²) in [5.41, 5.74) is 5.58. The first-order valence-corrected chi connectivity index (χ1v) is 9.10. The van der Waals surface area contributed by atoms with Crippen molar-refractivity contribution in [3.63, 3.8) is 0 Å². The number of hydrogen-bond acceptors (Lipinski definition) is 3. The van der Waals surface area contributed by atoms with Crippen LogP contribution in [0.15, 0.2) is 24.3 Å². The SMILES string of the molecule is NCCNC(=O)C1CCCN(C(=O)C2(c3cccc(F)c3)CCC2)C1. The van der Waals surface area contributed by atoms with Crippen molar-refractivity contribution in [2.45, 2.75) is 37.5 Å². The third-order valence-electron chi connectivity index (χ3n) is 5.52. The van der Waals surface area contributed by atoms with Crippen LogP contribution in [0.4, 0.5) is 4.39 Å². The summed E-state index contributed by atoms with van der Waals surface area (Å²) in [6, 6.07) is 6.39. The van der Waals surface area contributed by atoms with Gasteiger partial charge < -0.3 is 16.0 Å². The summed E-state index contributed by atoms with van der Waals surface area (Å²) in [6.45, 7) is 1.96. The van der Waals surface area contributed by atoms with Crippen LogP contribution in [0.1, 0.15) is 37.7 Å². The second-order valence-electron chi connectivity index (χ2n) is 7.12. The van der Waals surface area contributed by atoms with E-state index in [9.17, 15) is 14.0 Å². The predicted molar refractivity (Wildman–Crippen MR) is 93.3 cm³/mol. The molecule has 2 amide bonds. The maximum Gasteiger partial charge on any atom is 0.233 e. The van der Waals surface area contributed by atoms with Crippen molar-refractivity contribution in [1.82, 2.24) is 10.2 Å². The van der Waals surface area contributed by atoms with Gasteiger partial charge in [0.15, 0.2) is 0 Å². The number of hydrogen-bond donors (Lipinski definition) is 2. The molecule has 25 heavy (non-hydrogen) atoms. The molecular formula is C19H26FN3O2. The van der Waals surface area contributed by atoms with E-state index in [1.165, 1.54) is 12.1 Å². The normalized spacial score (nSPS) is 22.2. The zero-order chi connectivity index (χ0) is 17.9. The number of carbonyl (C=O) groups is 2. The molecule has 1 aliphatic carbocycles. The number of benzene rings is 1. The first kappa shape index (κ1) is 17.9. The van der Waals surface area contributed by atoms with Gasteiger partial charge in [0.2, 0.25) is 11.8 Å². The van der Waals surface area contributed by atoms with Gasteiger partial charge in [-0.3, -0.25) is 9.59 Å². The number of piperidine rings is 1. The number of rotatable bonds is 5. The molecule has 1 aliphatic heterocycles. The number of nitrogens with two attached hydrogens (primary N) is 1. The van der Waals surface area contributed by atoms with Gasteiger partial charge in [0.1, 0.15) is 5.82 Å². The number of carbonyl (C=O) groups excluding carboxylic acids is 2. The molecule has 1 heterocycles. The fraction of sp³-hybridized carbons (Fsp3) is 0.579. The third kappa shape index (κ3) is 3.54. The van der Waals surface area contributed by atoms with E-state index >= 15 is 0 Å². The van der Waals surface area contributed by atoms with Crippen LogP contribution in [-0.4, -0.2) is 42.9 Å². The standard InChI is InChI=1S/C19H26FN3O2/c20-16-6-1-5-15(12-16)19(7-3-8-19)18(25)23-11-2-4-14(13-23)17(24)22-10-9-21/h1,5-6,12,14H,2-4,7-11,13,21H2,(H,22,24). The molecule has 1 saturated heterocycles. The molecule has 3 rings (SSSR count). The highest BCUT2D eigenvalue weighted by molar-refractivity contribution is 5.90. The third-order valence-corrected chi connectivity index (χ3v) is 5.52. The minimum atomic E-state index is -0.613. The van der Waals surface area contributed by atoms with Crippen molar-refractivity contribution >= 4 is 11.8 Å². The first-order chi connectivity index (χ1) is 12.1. The maximum atomic E-state index is 13.7. The average molecular weight is 347 g/mol. The Morgan fingerprint density at radius 3 is 2.76 bits per heavy atom. The minimum Gasteiger partial charge on any atom is -0.355 e. The summed E-state index contributed by atoms with van der Waals surface area (Å²) in [5.74, 6) is -0.486. The van der Waals surface area contributed by atoms with Crippen LogP contribution in [-0.2, 0) is 15.0 Å². The molecule has 2 aliphatic rings. The number of nitrogens with zero attached hydrogens (tertiary/aromatic N) is 1. The Morgan fingerprint density at radius 1 is 1.32 bits per heavy atom. The first-order valence-electron chi connectivity index (χ1n) is 9.10. The van der Waals surface area contributed by atoms with Crippen molar-refractivity contribution in [3.8, 4) is 0 Å². The molecule has 2 fully saturated rings. The molecule has 136 valence electrons. The van der Waals surface area contributed by atoms with Gasteiger partial charge in [-0.1, -0.05) is 18.6 Å². The highest BCUT2D eigenvalue weighted by atomic mass is 19.1. The summed E-state index contributed by atoms with van der Waals surface area (Å²) in [4.78, 5) is 27.3. The van der Waals surface area contributed by atoms with Gasteiger partial charge in [0, 0.05) is 26.2 Å². The summed E-state index contributed by atoms with van der Waals surface area (Å²) in [5, 5.41) is 2.82. The molecule has 1 atom stereocenters. The summed E-state index contributed by atoms with van der Waals surface area (Å²) in [6.07, 6.45) is 4.06. The molecule has 1 aromatic rings. The molecule has 6 heteroatoms. The summed E-state index contributed by atoms with van der Waals surface area (Å²) in [7, 11) is 0. The van der Waals surface area contributed by atoms with Crippen LogP contribution in [0.25, 0.3) is 0 Å². The molecule has 0 bridgehead atoms. The lowest BCUT2D eigenvalue weighted by Gasteiger charge is -2.45. The Balaban J connectivity index is 1.74. The molecule has 1 aromatic carbocycles. The zero-order valence-corrected chi connectivity index (χ0v) is 14.5. The van der Waals surface area contributed by atoms with Crippen LogP contribution in [0.2, 0.25) is 0 Å². The van der Waals surface area contributed by atoms with Crippen molar-refractivity contribution in [2.75, 3.05) is 26.2 Å². The van der Waals surface area contributed by atoms with Crippen molar-refractivity contribution < 1.29 is 14.0 Å². The van der Waals surface area contributed by atoms with Crippen molar-refractivity contribution in [2.24, 2.45) is 11.7 Å². The molecule has 0 aromatic heterocycles. The summed E-state index contributed by atoms with van der Waals surface area (Å²) < 4.78 is 13.7. The predicted octanol–water partition coefficient (Wildman–Crippen LogP) is 1.56. The van der Waals surface area contributed by atoms with Gasteiger partial charge in [-0.2, -0.15) is 0 Å². The zero-order valence-electron chi connectivity index (χ0n) is 14.5. The van der Waals surface area contributed by atoms with E-state index in [0.717, 1.165) is 37.7 Å². The number of nitrogens with one attached hydrogen (secondary N) is 1. The van der Waals surface area contributed by atoms with Crippen LogP contribution >= 0.6 is 0 Å². The van der Waals surface area contributed by atoms with Crippen LogP contribution in [0.5, 0.6) is 0 Å². The largest absolute Gasteiger partial charge is 0.355 e. The minimum absolute atomic E-state index is 0.0311. The second kappa shape index (κ2) is 7.52. The van der Waals surface area contributed by atoms with Gasteiger partial charge in [-0.15, -0.1) is 0 Å². The highest BCUT2D eigenvalue weighted by Crippen LogP contribution is 2.45. The molecule has 1 saturated carbocycles. The fourth-order valence-electron chi connectivity index (χ4n) is 3.96. The van der Waals surface area contributed by atoms with E-state index in [1.54, 1.807) is 11.0 Å². The Morgan fingerprint density at radius 2 is 2.12 bits per heavy atom. The Bertz CT molecular complexity index is 645. The van der Waals surface area contributed by atoms with E-state index in [1.807, 2.05) is 6.07 Å².